The Bertz CT molecular complexity index is 484. The molecule has 0 bridgehead atoms. The van der Waals surface area contributed by atoms with E-state index in [0.717, 1.165) is 51.6 Å². The van der Waals surface area contributed by atoms with E-state index in [9.17, 15) is 4.79 Å². The lowest BCUT2D eigenvalue weighted by atomic mass is 9.73. The Kier molecular flexibility index (Phi) is 7.36. The minimum Gasteiger partial charge on any atom is -0.342 e. The average molecular weight is 363 g/mol. The van der Waals surface area contributed by atoms with Crippen molar-refractivity contribution in [2.45, 2.75) is 56.9 Å². The van der Waals surface area contributed by atoms with Gasteiger partial charge < -0.3 is 10.6 Å². The van der Waals surface area contributed by atoms with Crippen molar-refractivity contribution in [3.05, 3.63) is 18.0 Å². The molecular weight excluding hydrogens is 335 g/mol. The Morgan fingerprint density at radius 3 is 2.57 bits per heavy atom. The van der Waals surface area contributed by atoms with Crippen LogP contribution in [0.15, 0.2) is 12.4 Å². The zero-order valence-corrected chi connectivity index (χ0v) is 15.3. The number of carbonyl (C=O) groups is 1. The largest absolute Gasteiger partial charge is 0.342 e. The van der Waals surface area contributed by atoms with Crippen molar-refractivity contribution >= 4 is 30.7 Å². The minimum atomic E-state index is -0.323. The maximum atomic E-state index is 12.8. The molecule has 23 heavy (non-hydrogen) atoms. The number of aromatic amines is 1. The fourth-order valence-corrected chi connectivity index (χ4v) is 3.90. The summed E-state index contributed by atoms with van der Waals surface area (Å²) in [5.41, 5.74) is 7.32. The van der Waals surface area contributed by atoms with E-state index in [4.69, 9.17) is 5.73 Å². The Morgan fingerprint density at radius 1 is 1.30 bits per heavy atom. The summed E-state index contributed by atoms with van der Waals surface area (Å²) in [6, 6.07) is 0. The van der Waals surface area contributed by atoms with E-state index in [1.165, 1.54) is 5.56 Å². The summed E-state index contributed by atoms with van der Waals surface area (Å²) in [6.45, 7) is 3.75. The van der Waals surface area contributed by atoms with Crippen molar-refractivity contribution in [3.63, 3.8) is 0 Å². The highest BCUT2D eigenvalue weighted by molar-refractivity contribution is 5.85. The molecule has 2 aliphatic rings. The predicted octanol–water partition coefficient (Wildman–Crippen LogP) is 2.87. The van der Waals surface area contributed by atoms with Crippen LogP contribution >= 0.6 is 24.8 Å². The quantitative estimate of drug-likeness (QED) is 0.848. The number of nitrogens with one attached hydrogen (secondary N) is 1. The van der Waals surface area contributed by atoms with E-state index >= 15 is 0 Å². The summed E-state index contributed by atoms with van der Waals surface area (Å²) in [7, 11) is 0. The van der Waals surface area contributed by atoms with Crippen LogP contribution in [-0.2, 0) is 4.79 Å². The van der Waals surface area contributed by atoms with Gasteiger partial charge in [0.2, 0.25) is 5.91 Å². The lowest BCUT2D eigenvalue weighted by Crippen LogP contribution is -2.54. The van der Waals surface area contributed by atoms with Crippen LogP contribution in [0, 0.1) is 5.92 Å². The number of carbonyl (C=O) groups excluding carboxylic acids is 1. The minimum absolute atomic E-state index is 0. The van der Waals surface area contributed by atoms with Crippen LogP contribution in [0.3, 0.4) is 0 Å². The van der Waals surface area contributed by atoms with Gasteiger partial charge in [0.25, 0.3) is 0 Å². The summed E-state index contributed by atoms with van der Waals surface area (Å²) in [5.74, 6) is 0.825. The summed E-state index contributed by atoms with van der Waals surface area (Å²) in [4.78, 5) is 14.8. The number of likely N-dealkylation sites (tertiary alicyclic amines) is 1. The van der Waals surface area contributed by atoms with E-state index in [0.29, 0.717) is 5.92 Å². The summed E-state index contributed by atoms with van der Waals surface area (Å²) in [5, 5.41) is 6.90. The number of aromatic nitrogens is 2. The number of amides is 1. The molecule has 1 saturated heterocycles. The normalized spacial score (nSPS) is 28.6. The average Bonchev–Trinajstić information content (AvgIpc) is 3.00. The second-order valence-electron chi connectivity index (χ2n) is 6.94. The van der Waals surface area contributed by atoms with E-state index < -0.39 is 0 Å². The van der Waals surface area contributed by atoms with Crippen molar-refractivity contribution in [1.82, 2.24) is 15.1 Å². The molecule has 2 atom stereocenters. The number of H-pyrrole nitrogens is 1. The molecule has 1 aliphatic carbocycles. The SMILES string of the molecule is CC1(N)CCCCC1C(=O)N1CCC(c2cn[nH]c2)CC1.Cl.Cl. The fraction of sp³-hybridized carbons (Fsp3) is 0.750. The standard InChI is InChI=1S/C16H26N4O.2ClH/c1-16(17)7-3-2-4-14(16)15(21)20-8-5-12(6-9-20)13-10-18-19-11-13;;/h10-12,14H,2-9,17H2,1H3,(H,18,19);2*1H. The number of rotatable bonds is 2. The molecular formula is C16H28Cl2N4O. The highest BCUT2D eigenvalue weighted by Crippen LogP contribution is 2.35. The van der Waals surface area contributed by atoms with E-state index in [2.05, 4.69) is 10.2 Å². The molecule has 132 valence electrons. The maximum absolute atomic E-state index is 12.8. The predicted molar refractivity (Wildman–Crippen MR) is 96.2 cm³/mol. The number of nitrogens with zero attached hydrogens (tertiary/aromatic N) is 2. The maximum Gasteiger partial charge on any atom is 0.227 e. The summed E-state index contributed by atoms with van der Waals surface area (Å²) < 4.78 is 0. The van der Waals surface area contributed by atoms with Crippen LogP contribution in [0.4, 0.5) is 0 Å². The van der Waals surface area contributed by atoms with Gasteiger partial charge in [-0.25, -0.2) is 0 Å². The summed E-state index contributed by atoms with van der Waals surface area (Å²) >= 11 is 0. The molecule has 0 radical (unpaired) electrons. The van der Waals surface area contributed by atoms with Gasteiger partial charge in [0.05, 0.1) is 12.1 Å². The number of piperidine rings is 1. The number of hydrogen-bond acceptors (Lipinski definition) is 3. The Morgan fingerprint density at radius 2 is 2.00 bits per heavy atom. The summed E-state index contributed by atoms with van der Waals surface area (Å²) in [6.07, 6.45) is 10.1. The molecule has 5 nitrogen and oxygen atoms in total. The van der Waals surface area contributed by atoms with Crippen LogP contribution in [-0.4, -0.2) is 39.6 Å². The third-order valence-electron chi connectivity index (χ3n) is 5.35. The molecule has 7 heteroatoms. The molecule has 2 unspecified atom stereocenters. The van der Waals surface area contributed by atoms with Gasteiger partial charge in [-0.1, -0.05) is 12.8 Å². The van der Waals surface area contributed by atoms with Crippen LogP contribution < -0.4 is 5.73 Å². The van der Waals surface area contributed by atoms with Crippen LogP contribution in [0.5, 0.6) is 0 Å². The molecule has 3 N–H and O–H groups in total. The topological polar surface area (TPSA) is 75.0 Å². The van der Waals surface area contributed by atoms with Crippen LogP contribution in [0.2, 0.25) is 0 Å². The van der Waals surface area contributed by atoms with Crippen molar-refractivity contribution in [2.75, 3.05) is 13.1 Å². The number of hydrogen-bond donors (Lipinski definition) is 2. The van der Waals surface area contributed by atoms with Crippen LogP contribution in [0.25, 0.3) is 0 Å². The van der Waals surface area contributed by atoms with Crippen molar-refractivity contribution in [1.29, 1.82) is 0 Å². The smallest absolute Gasteiger partial charge is 0.227 e. The van der Waals surface area contributed by atoms with Gasteiger partial charge in [0.15, 0.2) is 0 Å². The highest BCUT2D eigenvalue weighted by atomic mass is 35.5. The van der Waals surface area contributed by atoms with Gasteiger partial charge in [-0.3, -0.25) is 9.89 Å². The molecule has 0 aromatic carbocycles. The second kappa shape index (κ2) is 8.36. The van der Waals surface area contributed by atoms with E-state index in [-0.39, 0.29) is 42.2 Å². The molecule has 1 aromatic heterocycles. The first kappa shape index (κ1) is 20.3. The van der Waals surface area contributed by atoms with Crippen LogP contribution in [0.1, 0.15) is 56.9 Å². The number of nitrogens with two attached hydrogens (primary N) is 1. The molecule has 1 amide bonds. The molecule has 0 spiro atoms. The monoisotopic (exact) mass is 362 g/mol. The van der Waals surface area contributed by atoms with Gasteiger partial charge >= 0.3 is 0 Å². The molecule has 3 rings (SSSR count). The Balaban J connectivity index is 0.00000132. The van der Waals surface area contributed by atoms with Gasteiger partial charge in [0.1, 0.15) is 0 Å². The first-order valence-corrected chi connectivity index (χ1v) is 8.14. The van der Waals surface area contributed by atoms with Gasteiger partial charge in [-0.2, -0.15) is 5.10 Å². The molecule has 1 aliphatic heterocycles. The van der Waals surface area contributed by atoms with Gasteiger partial charge in [-0.05, 0) is 44.1 Å². The third kappa shape index (κ3) is 4.40. The third-order valence-corrected chi connectivity index (χ3v) is 5.35. The van der Waals surface area contributed by atoms with Crippen molar-refractivity contribution < 1.29 is 4.79 Å². The van der Waals surface area contributed by atoms with Crippen molar-refractivity contribution in [2.24, 2.45) is 11.7 Å². The second-order valence-corrected chi connectivity index (χ2v) is 6.94. The molecule has 2 fully saturated rings. The molecule has 2 heterocycles. The fourth-order valence-electron chi connectivity index (χ4n) is 3.90. The Hall–Kier alpha value is -0.780. The van der Waals surface area contributed by atoms with Crippen molar-refractivity contribution in [3.8, 4) is 0 Å². The van der Waals surface area contributed by atoms with E-state index in [1.54, 1.807) is 0 Å². The molecule has 1 aromatic rings. The Labute approximate surface area is 150 Å². The lowest BCUT2D eigenvalue weighted by Gasteiger charge is -2.41. The first-order valence-electron chi connectivity index (χ1n) is 8.14. The van der Waals surface area contributed by atoms with Gasteiger partial charge in [-0.15, -0.1) is 24.8 Å². The zero-order valence-electron chi connectivity index (χ0n) is 13.7. The van der Waals surface area contributed by atoms with Gasteiger partial charge in [0, 0.05) is 24.8 Å². The lowest BCUT2D eigenvalue weighted by molar-refractivity contribution is -0.140. The number of halogens is 2. The highest BCUT2D eigenvalue weighted by Gasteiger charge is 2.40. The molecule has 1 saturated carbocycles. The zero-order chi connectivity index (χ0) is 14.9. The first-order chi connectivity index (χ1) is 10.1. The van der Waals surface area contributed by atoms with E-state index in [1.807, 2.05) is 24.2 Å².